The highest BCUT2D eigenvalue weighted by atomic mass is 35.5. The predicted octanol–water partition coefficient (Wildman–Crippen LogP) is 5.41. The summed E-state index contributed by atoms with van der Waals surface area (Å²) in [5.41, 5.74) is 1.93. The molecule has 0 aliphatic carbocycles. The summed E-state index contributed by atoms with van der Waals surface area (Å²) in [5.74, 6) is -0.168. The van der Waals surface area contributed by atoms with Crippen LogP contribution >= 0.6 is 22.9 Å². The van der Waals surface area contributed by atoms with E-state index >= 15 is 0 Å². The molecule has 0 saturated heterocycles. The van der Waals surface area contributed by atoms with Gasteiger partial charge in [0.2, 0.25) is 0 Å². The van der Waals surface area contributed by atoms with E-state index in [0.717, 1.165) is 10.6 Å². The Bertz CT molecular complexity index is 910. The van der Waals surface area contributed by atoms with E-state index in [1.54, 1.807) is 29.6 Å². The number of aliphatic hydroxyl groups excluding tert-OH is 1. The van der Waals surface area contributed by atoms with E-state index in [0.29, 0.717) is 16.3 Å². The van der Waals surface area contributed by atoms with Crippen molar-refractivity contribution in [3.8, 4) is 16.6 Å². The Hall–Kier alpha value is -2.61. The van der Waals surface area contributed by atoms with Crippen molar-refractivity contribution in [2.75, 3.05) is 0 Å². The zero-order valence-electron chi connectivity index (χ0n) is 11.9. The number of thiazole rings is 1. The van der Waals surface area contributed by atoms with Crippen LogP contribution < -0.4 is 0 Å². The molecule has 0 bridgehead atoms. The Morgan fingerprint density at radius 1 is 1.09 bits per heavy atom. The molecule has 5 heteroatoms. The number of allylic oxidation sites excluding steroid dienone is 1. The highest BCUT2D eigenvalue weighted by molar-refractivity contribution is 7.13. The van der Waals surface area contributed by atoms with Gasteiger partial charge in [0, 0.05) is 21.5 Å². The van der Waals surface area contributed by atoms with Crippen LogP contribution in [0.15, 0.2) is 60.0 Å². The second-order valence-electron chi connectivity index (χ2n) is 4.72. The van der Waals surface area contributed by atoms with Gasteiger partial charge in [-0.2, -0.15) is 5.26 Å². The standard InChI is InChI=1S/C18H11ClN2OS/c19-15-9-5-4-8-13(15)14(10-20)17(22)16-11-23-18(21-16)12-6-2-1-3-7-12/h1-9,11,22H. The fraction of sp³-hybridized carbons (Fsp3) is 0. The second-order valence-corrected chi connectivity index (χ2v) is 5.98. The maximum atomic E-state index is 10.5. The summed E-state index contributed by atoms with van der Waals surface area (Å²) >= 11 is 7.53. The number of nitriles is 1. The highest BCUT2D eigenvalue weighted by Crippen LogP contribution is 2.31. The molecule has 0 amide bonds. The van der Waals surface area contributed by atoms with Crippen molar-refractivity contribution < 1.29 is 5.11 Å². The monoisotopic (exact) mass is 338 g/mol. The summed E-state index contributed by atoms with van der Waals surface area (Å²) in [6, 6.07) is 18.6. The van der Waals surface area contributed by atoms with E-state index in [1.807, 2.05) is 36.4 Å². The molecule has 2 aromatic carbocycles. The normalized spacial score (nSPS) is 11.7. The number of hydrogen-bond donors (Lipinski definition) is 1. The van der Waals surface area contributed by atoms with Gasteiger partial charge in [-0.15, -0.1) is 11.3 Å². The summed E-state index contributed by atoms with van der Waals surface area (Å²) in [7, 11) is 0. The third-order valence-corrected chi connectivity index (χ3v) is 4.48. The van der Waals surface area contributed by atoms with Gasteiger partial charge in [0.05, 0.1) is 0 Å². The Morgan fingerprint density at radius 3 is 2.48 bits per heavy atom. The number of rotatable bonds is 3. The molecule has 0 atom stereocenters. The molecule has 0 fully saturated rings. The average molecular weight is 339 g/mol. The lowest BCUT2D eigenvalue weighted by Crippen LogP contribution is -1.92. The van der Waals surface area contributed by atoms with E-state index in [9.17, 15) is 10.4 Å². The van der Waals surface area contributed by atoms with Crippen molar-refractivity contribution >= 4 is 34.3 Å². The van der Waals surface area contributed by atoms with Crippen LogP contribution in [0.4, 0.5) is 0 Å². The highest BCUT2D eigenvalue weighted by Gasteiger charge is 2.16. The zero-order valence-corrected chi connectivity index (χ0v) is 13.5. The fourth-order valence-electron chi connectivity index (χ4n) is 2.13. The summed E-state index contributed by atoms with van der Waals surface area (Å²) in [5, 5.41) is 22.8. The second kappa shape index (κ2) is 6.66. The van der Waals surface area contributed by atoms with Gasteiger partial charge < -0.3 is 5.11 Å². The third kappa shape index (κ3) is 3.11. The van der Waals surface area contributed by atoms with Crippen LogP contribution in [0.5, 0.6) is 0 Å². The number of hydrogen-bond acceptors (Lipinski definition) is 4. The van der Waals surface area contributed by atoms with Crippen molar-refractivity contribution in [1.82, 2.24) is 4.98 Å². The van der Waals surface area contributed by atoms with Crippen molar-refractivity contribution in [2.24, 2.45) is 0 Å². The summed E-state index contributed by atoms with van der Waals surface area (Å²) in [6.07, 6.45) is 0. The smallest absolute Gasteiger partial charge is 0.160 e. The van der Waals surface area contributed by atoms with Crippen LogP contribution in [0, 0.1) is 11.3 Å². The van der Waals surface area contributed by atoms with Crippen molar-refractivity contribution in [3.05, 3.63) is 76.3 Å². The molecule has 0 saturated carbocycles. The van der Waals surface area contributed by atoms with Crippen LogP contribution in [0.25, 0.3) is 21.9 Å². The number of aromatic nitrogens is 1. The van der Waals surface area contributed by atoms with Crippen LogP contribution in [-0.2, 0) is 0 Å². The van der Waals surface area contributed by atoms with E-state index < -0.39 is 0 Å². The molecule has 112 valence electrons. The first kappa shape index (κ1) is 15.3. The number of benzene rings is 2. The van der Waals surface area contributed by atoms with E-state index in [-0.39, 0.29) is 11.3 Å². The van der Waals surface area contributed by atoms with Crippen LogP contribution in [-0.4, -0.2) is 10.1 Å². The number of nitrogens with zero attached hydrogens (tertiary/aromatic N) is 2. The molecule has 3 rings (SSSR count). The van der Waals surface area contributed by atoms with Gasteiger partial charge in [0.1, 0.15) is 22.3 Å². The van der Waals surface area contributed by atoms with Crippen LogP contribution in [0.1, 0.15) is 11.3 Å². The Balaban J connectivity index is 2.06. The summed E-state index contributed by atoms with van der Waals surface area (Å²) in [6.45, 7) is 0. The first-order chi connectivity index (χ1) is 11.2. The number of halogens is 1. The molecule has 1 heterocycles. The quantitative estimate of drug-likeness (QED) is 0.513. The lowest BCUT2D eigenvalue weighted by Gasteiger charge is -2.04. The molecule has 23 heavy (non-hydrogen) atoms. The Kier molecular flexibility index (Phi) is 4.42. The topological polar surface area (TPSA) is 56.9 Å². The minimum Gasteiger partial charge on any atom is -0.504 e. The van der Waals surface area contributed by atoms with Gasteiger partial charge >= 0.3 is 0 Å². The van der Waals surface area contributed by atoms with Crippen molar-refractivity contribution in [2.45, 2.75) is 0 Å². The summed E-state index contributed by atoms with van der Waals surface area (Å²) in [4.78, 5) is 4.42. The van der Waals surface area contributed by atoms with E-state index in [4.69, 9.17) is 11.6 Å². The van der Waals surface area contributed by atoms with Gasteiger partial charge in [-0.3, -0.25) is 0 Å². The van der Waals surface area contributed by atoms with Crippen LogP contribution in [0.3, 0.4) is 0 Å². The molecule has 3 nitrogen and oxygen atoms in total. The molecule has 1 N–H and O–H groups in total. The van der Waals surface area contributed by atoms with Gasteiger partial charge in [-0.05, 0) is 6.07 Å². The molecule has 0 aliphatic rings. The Morgan fingerprint density at radius 2 is 1.78 bits per heavy atom. The van der Waals surface area contributed by atoms with Crippen LogP contribution in [0.2, 0.25) is 5.02 Å². The van der Waals surface area contributed by atoms with Gasteiger partial charge in [-0.25, -0.2) is 4.98 Å². The lowest BCUT2D eigenvalue weighted by atomic mass is 10.0. The van der Waals surface area contributed by atoms with Crippen molar-refractivity contribution in [1.29, 1.82) is 5.26 Å². The first-order valence-electron chi connectivity index (χ1n) is 6.80. The summed E-state index contributed by atoms with van der Waals surface area (Å²) < 4.78 is 0. The largest absolute Gasteiger partial charge is 0.504 e. The van der Waals surface area contributed by atoms with Gasteiger partial charge in [0.25, 0.3) is 0 Å². The fourth-order valence-corrected chi connectivity index (χ4v) is 3.17. The molecule has 0 aliphatic heterocycles. The lowest BCUT2D eigenvalue weighted by molar-refractivity contribution is 0.511. The SMILES string of the molecule is N#CC(=C(O)c1csc(-c2ccccc2)n1)c1ccccc1Cl. The minimum atomic E-state index is -0.168. The molecule has 1 aromatic heterocycles. The Labute approximate surface area is 142 Å². The van der Waals surface area contributed by atoms with Gasteiger partial charge in [-0.1, -0.05) is 60.1 Å². The molecule has 0 unspecified atom stereocenters. The van der Waals surface area contributed by atoms with E-state index in [1.165, 1.54) is 11.3 Å². The average Bonchev–Trinajstić information content (AvgIpc) is 3.08. The zero-order chi connectivity index (χ0) is 16.2. The third-order valence-electron chi connectivity index (χ3n) is 3.26. The van der Waals surface area contributed by atoms with Crippen molar-refractivity contribution in [3.63, 3.8) is 0 Å². The minimum absolute atomic E-state index is 0.112. The van der Waals surface area contributed by atoms with E-state index in [2.05, 4.69) is 4.98 Å². The molecular weight excluding hydrogens is 328 g/mol. The maximum absolute atomic E-state index is 10.5. The first-order valence-corrected chi connectivity index (χ1v) is 8.06. The number of aliphatic hydroxyl groups is 1. The maximum Gasteiger partial charge on any atom is 0.160 e. The molecule has 0 radical (unpaired) electrons. The predicted molar refractivity (Wildman–Crippen MR) is 94.1 cm³/mol. The molecule has 0 spiro atoms. The van der Waals surface area contributed by atoms with Gasteiger partial charge in [0.15, 0.2) is 5.76 Å². The molecular formula is C18H11ClN2OS. The molecule has 3 aromatic rings.